The van der Waals surface area contributed by atoms with E-state index < -0.39 is 0 Å². The highest BCUT2D eigenvalue weighted by Gasteiger charge is 2.07. The summed E-state index contributed by atoms with van der Waals surface area (Å²) in [6.45, 7) is 4.05. The summed E-state index contributed by atoms with van der Waals surface area (Å²) in [5.74, 6) is 0. The van der Waals surface area contributed by atoms with Crippen molar-refractivity contribution >= 4 is 32.4 Å². The van der Waals surface area contributed by atoms with Crippen LogP contribution in [0.5, 0.6) is 0 Å². The van der Waals surface area contributed by atoms with Gasteiger partial charge >= 0.3 is 0 Å². The molecule has 0 aliphatic heterocycles. The van der Waals surface area contributed by atoms with Crippen LogP contribution in [0.25, 0.3) is 10.2 Å². The van der Waals surface area contributed by atoms with E-state index >= 15 is 0 Å². The van der Waals surface area contributed by atoms with E-state index in [0.29, 0.717) is 5.56 Å². The van der Waals surface area contributed by atoms with Crippen molar-refractivity contribution in [3.63, 3.8) is 0 Å². The molecule has 0 aliphatic rings. The van der Waals surface area contributed by atoms with Crippen molar-refractivity contribution in [2.45, 2.75) is 13.8 Å². The molecular formula is C16H13N3S. The SMILES string of the molecule is Cc1ccc(Nc2nc3ccc(C)cc3s2)c(C#N)c1. The van der Waals surface area contributed by atoms with Crippen LogP contribution in [0.1, 0.15) is 16.7 Å². The molecule has 0 saturated carbocycles. The Balaban J connectivity index is 1.99. The number of nitriles is 1. The maximum Gasteiger partial charge on any atom is 0.188 e. The zero-order chi connectivity index (χ0) is 14.1. The molecule has 1 N–H and O–H groups in total. The lowest BCUT2D eigenvalue weighted by Crippen LogP contribution is -1.93. The third kappa shape index (κ3) is 2.36. The Morgan fingerprint density at radius 3 is 2.65 bits per heavy atom. The average molecular weight is 279 g/mol. The highest BCUT2D eigenvalue weighted by atomic mass is 32.1. The topological polar surface area (TPSA) is 48.7 Å². The molecule has 4 heteroatoms. The zero-order valence-corrected chi connectivity index (χ0v) is 12.1. The number of rotatable bonds is 2. The third-order valence-electron chi connectivity index (χ3n) is 3.08. The Labute approximate surface area is 121 Å². The number of benzene rings is 2. The molecule has 2 aromatic carbocycles. The molecule has 1 aromatic heterocycles. The molecule has 3 aromatic rings. The number of aromatic nitrogens is 1. The summed E-state index contributed by atoms with van der Waals surface area (Å²) >= 11 is 1.60. The first-order chi connectivity index (χ1) is 9.65. The number of aryl methyl sites for hydroxylation is 2. The molecule has 0 atom stereocenters. The van der Waals surface area contributed by atoms with Crippen molar-refractivity contribution in [1.29, 1.82) is 5.26 Å². The molecule has 0 saturated heterocycles. The molecule has 3 rings (SSSR count). The van der Waals surface area contributed by atoms with Crippen molar-refractivity contribution in [2.24, 2.45) is 0 Å². The zero-order valence-electron chi connectivity index (χ0n) is 11.3. The second-order valence-corrected chi connectivity index (χ2v) is 5.81. The minimum absolute atomic E-state index is 0.639. The van der Waals surface area contributed by atoms with E-state index in [1.807, 2.05) is 31.2 Å². The number of hydrogen-bond donors (Lipinski definition) is 1. The summed E-state index contributed by atoms with van der Waals surface area (Å²) in [5.41, 5.74) is 4.72. The van der Waals surface area contributed by atoms with Crippen molar-refractivity contribution < 1.29 is 0 Å². The summed E-state index contributed by atoms with van der Waals surface area (Å²) in [6, 6.07) is 14.2. The van der Waals surface area contributed by atoms with Crippen LogP contribution in [0.4, 0.5) is 10.8 Å². The van der Waals surface area contributed by atoms with E-state index in [0.717, 1.165) is 26.6 Å². The van der Waals surface area contributed by atoms with Crippen molar-refractivity contribution in [3.8, 4) is 6.07 Å². The van der Waals surface area contributed by atoms with E-state index in [1.54, 1.807) is 11.3 Å². The van der Waals surface area contributed by atoms with Crippen molar-refractivity contribution in [2.75, 3.05) is 5.32 Å². The fraction of sp³-hybridized carbons (Fsp3) is 0.125. The molecule has 0 unspecified atom stereocenters. The lowest BCUT2D eigenvalue weighted by molar-refractivity contribution is 1.38. The summed E-state index contributed by atoms with van der Waals surface area (Å²) in [7, 11) is 0. The van der Waals surface area contributed by atoms with E-state index in [2.05, 4.69) is 35.4 Å². The highest BCUT2D eigenvalue weighted by Crippen LogP contribution is 2.30. The number of hydrogen-bond acceptors (Lipinski definition) is 4. The molecule has 0 bridgehead atoms. The molecule has 1 heterocycles. The molecule has 0 amide bonds. The average Bonchev–Trinajstić information content (AvgIpc) is 2.82. The fourth-order valence-corrected chi connectivity index (χ4v) is 3.04. The van der Waals surface area contributed by atoms with Gasteiger partial charge in [0.2, 0.25) is 0 Å². The van der Waals surface area contributed by atoms with Gasteiger partial charge < -0.3 is 5.32 Å². The van der Waals surface area contributed by atoms with E-state index in [4.69, 9.17) is 0 Å². The summed E-state index contributed by atoms with van der Waals surface area (Å²) in [4.78, 5) is 4.54. The lowest BCUT2D eigenvalue weighted by atomic mass is 10.1. The molecule has 20 heavy (non-hydrogen) atoms. The first-order valence-electron chi connectivity index (χ1n) is 6.31. The quantitative estimate of drug-likeness (QED) is 0.749. The maximum atomic E-state index is 9.19. The second-order valence-electron chi connectivity index (χ2n) is 4.78. The predicted molar refractivity (Wildman–Crippen MR) is 83.5 cm³/mol. The molecule has 0 fully saturated rings. The molecule has 3 nitrogen and oxygen atoms in total. The first-order valence-corrected chi connectivity index (χ1v) is 7.12. The number of anilines is 2. The lowest BCUT2D eigenvalue weighted by Gasteiger charge is -2.05. The summed E-state index contributed by atoms with van der Waals surface area (Å²) in [6.07, 6.45) is 0. The normalized spacial score (nSPS) is 10.4. The van der Waals surface area contributed by atoms with E-state index in [9.17, 15) is 5.26 Å². The highest BCUT2D eigenvalue weighted by molar-refractivity contribution is 7.22. The molecule has 0 radical (unpaired) electrons. The molecule has 0 aliphatic carbocycles. The van der Waals surface area contributed by atoms with Crippen LogP contribution in [-0.4, -0.2) is 4.98 Å². The Kier molecular flexibility index (Phi) is 3.13. The van der Waals surface area contributed by atoms with Crippen LogP contribution < -0.4 is 5.32 Å². The number of thiazole rings is 1. The Morgan fingerprint density at radius 1 is 1.10 bits per heavy atom. The molecule has 0 spiro atoms. The van der Waals surface area contributed by atoms with Crippen LogP contribution in [0.3, 0.4) is 0 Å². The summed E-state index contributed by atoms with van der Waals surface area (Å²) < 4.78 is 1.15. The van der Waals surface area contributed by atoms with Gasteiger partial charge in [-0.1, -0.05) is 23.5 Å². The Hall–Kier alpha value is -2.38. The van der Waals surface area contributed by atoms with Gasteiger partial charge in [-0.25, -0.2) is 4.98 Å². The van der Waals surface area contributed by atoms with Gasteiger partial charge in [-0.05, 0) is 49.2 Å². The number of nitrogens with one attached hydrogen (secondary N) is 1. The van der Waals surface area contributed by atoms with Gasteiger partial charge in [0.1, 0.15) is 6.07 Å². The van der Waals surface area contributed by atoms with Crippen LogP contribution in [0.2, 0.25) is 0 Å². The van der Waals surface area contributed by atoms with Crippen LogP contribution in [-0.2, 0) is 0 Å². The Bertz CT molecular complexity index is 827. The molecular weight excluding hydrogens is 266 g/mol. The van der Waals surface area contributed by atoms with Crippen LogP contribution in [0, 0.1) is 25.2 Å². The van der Waals surface area contributed by atoms with Gasteiger partial charge in [-0.15, -0.1) is 0 Å². The van der Waals surface area contributed by atoms with Gasteiger partial charge in [0.15, 0.2) is 5.13 Å². The van der Waals surface area contributed by atoms with Gasteiger partial charge in [0, 0.05) is 0 Å². The number of nitrogens with zero attached hydrogens (tertiary/aromatic N) is 2. The van der Waals surface area contributed by atoms with Crippen LogP contribution >= 0.6 is 11.3 Å². The monoisotopic (exact) mass is 279 g/mol. The van der Waals surface area contributed by atoms with Gasteiger partial charge in [0.25, 0.3) is 0 Å². The maximum absolute atomic E-state index is 9.19. The minimum Gasteiger partial charge on any atom is -0.330 e. The van der Waals surface area contributed by atoms with Crippen molar-refractivity contribution in [3.05, 3.63) is 53.1 Å². The van der Waals surface area contributed by atoms with E-state index in [-0.39, 0.29) is 0 Å². The third-order valence-corrected chi connectivity index (χ3v) is 4.01. The number of fused-ring (bicyclic) bond motifs is 1. The van der Waals surface area contributed by atoms with Gasteiger partial charge in [-0.3, -0.25) is 0 Å². The Morgan fingerprint density at radius 2 is 1.85 bits per heavy atom. The first kappa shape index (κ1) is 12.6. The standard InChI is InChI=1S/C16H13N3S/c1-10-3-5-13(12(7-10)9-17)18-16-19-14-6-4-11(2)8-15(14)20-16/h3-8H,1-2H3,(H,18,19). The largest absolute Gasteiger partial charge is 0.330 e. The smallest absolute Gasteiger partial charge is 0.188 e. The molecule has 98 valence electrons. The fourth-order valence-electron chi connectivity index (χ4n) is 2.06. The minimum atomic E-state index is 0.639. The van der Waals surface area contributed by atoms with Crippen LogP contribution in [0.15, 0.2) is 36.4 Å². The summed E-state index contributed by atoms with van der Waals surface area (Å²) in [5, 5.41) is 13.2. The van der Waals surface area contributed by atoms with Crippen molar-refractivity contribution in [1.82, 2.24) is 4.98 Å². The predicted octanol–water partition coefficient (Wildman–Crippen LogP) is 4.53. The van der Waals surface area contributed by atoms with E-state index in [1.165, 1.54) is 5.56 Å². The van der Waals surface area contributed by atoms with Gasteiger partial charge in [0.05, 0.1) is 21.5 Å². The van der Waals surface area contributed by atoms with Gasteiger partial charge in [-0.2, -0.15) is 5.26 Å². The second kappa shape index (κ2) is 4.95.